The largest absolute Gasteiger partial charge is 0.390 e. The van der Waals surface area contributed by atoms with Gasteiger partial charge in [-0.2, -0.15) is 5.10 Å². The Bertz CT molecular complexity index is 804. The molecule has 1 N–H and O–H groups in total. The van der Waals surface area contributed by atoms with Gasteiger partial charge in [-0.25, -0.2) is 9.50 Å². The standard InChI is InChI=1S/C17H21N3OS/c1-4-5-6-15-19-20-14(10-21)16(18-17(20)22-15)13-8-7-11(2)9-12(13)3/h7-9,21H,4-6,10H2,1-3H3. The second kappa shape index (κ2) is 6.18. The fourth-order valence-corrected chi connectivity index (χ4v) is 3.65. The summed E-state index contributed by atoms with van der Waals surface area (Å²) in [5.74, 6) is 0. The number of fused-ring (bicyclic) bond motifs is 1. The predicted octanol–water partition coefficient (Wildman–Crippen LogP) is 3.91. The molecule has 22 heavy (non-hydrogen) atoms. The number of aromatic nitrogens is 3. The highest BCUT2D eigenvalue weighted by Crippen LogP contribution is 2.30. The van der Waals surface area contributed by atoms with Gasteiger partial charge in [-0.15, -0.1) is 0 Å². The number of imidazole rings is 1. The smallest absolute Gasteiger partial charge is 0.213 e. The van der Waals surface area contributed by atoms with E-state index in [0.29, 0.717) is 0 Å². The molecule has 0 saturated carbocycles. The zero-order valence-electron chi connectivity index (χ0n) is 13.3. The first-order chi connectivity index (χ1) is 10.6. The molecule has 0 saturated heterocycles. The van der Waals surface area contributed by atoms with E-state index in [1.807, 2.05) is 4.52 Å². The minimum Gasteiger partial charge on any atom is -0.390 e. The monoisotopic (exact) mass is 315 g/mol. The van der Waals surface area contributed by atoms with Crippen LogP contribution in [0.5, 0.6) is 0 Å². The van der Waals surface area contributed by atoms with Crippen LogP contribution < -0.4 is 0 Å². The molecule has 0 aliphatic rings. The van der Waals surface area contributed by atoms with E-state index in [2.05, 4.69) is 44.1 Å². The first kappa shape index (κ1) is 15.2. The Hall–Kier alpha value is -1.72. The van der Waals surface area contributed by atoms with E-state index in [1.54, 1.807) is 11.3 Å². The molecule has 2 heterocycles. The van der Waals surface area contributed by atoms with E-state index in [9.17, 15) is 5.11 Å². The van der Waals surface area contributed by atoms with Gasteiger partial charge in [0.05, 0.1) is 18.0 Å². The maximum atomic E-state index is 9.80. The second-order valence-electron chi connectivity index (χ2n) is 5.68. The Morgan fingerprint density at radius 2 is 2.09 bits per heavy atom. The summed E-state index contributed by atoms with van der Waals surface area (Å²) >= 11 is 1.62. The highest BCUT2D eigenvalue weighted by Gasteiger charge is 2.18. The molecule has 3 aromatic rings. The molecule has 3 rings (SSSR count). The van der Waals surface area contributed by atoms with E-state index in [0.717, 1.165) is 46.2 Å². The van der Waals surface area contributed by atoms with Crippen LogP contribution in [0.3, 0.4) is 0 Å². The fourth-order valence-electron chi connectivity index (χ4n) is 2.70. The molecule has 0 fully saturated rings. The lowest BCUT2D eigenvalue weighted by Crippen LogP contribution is -1.97. The summed E-state index contributed by atoms with van der Waals surface area (Å²) < 4.78 is 1.81. The average molecular weight is 315 g/mol. The highest BCUT2D eigenvalue weighted by molar-refractivity contribution is 7.16. The lowest BCUT2D eigenvalue weighted by Gasteiger charge is -2.06. The third kappa shape index (κ3) is 2.66. The summed E-state index contributed by atoms with van der Waals surface area (Å²) in [6.07, 6.45) is 3.27. The SMILES string of the molecule is CCCCc1nn2c(CO)c(-c3ccc(C)cc3C)nc2s1. The Kier molecular flexibility index (Phi) is 4.27. The number of hydrogen-bond acceptors (Lipinski definition) is 4. The molecule has 0 bridgehead atoms. The van der Waals surface area contributed by atoms with Gasteiger partial charge in [0.1, 0.15) is 5.01 Å². The molecule has 2 aromatic heterocycles. The van der Waals surface area contributed by atoms with Crippen LogP contribution in [0.15, 0.2) is 18.2 Å². The Morgan fingerprint density at radius 1 is 1.27 bits per heavy atom. The van der Waals surface area contributed by atoms with Crippen molar-refractivity contribution in [3.63, 3.8) is 0 Å². The maximum absolute atomic E-state index is 9.80. The lowest BCUT2D eigenvalue weighted by atomic mass is 10.0. The summed E-state index contributed by atoms with van der Waals surface area (Å²) in [5.41, 5.74) is 5.10. The van der Waals surface area contributed by atoms with Crippen LogP contribution in [0.1, 0.15) is 41.6 Å². The van der Waals surface area contributed by atoms with E-state index in [-0.39, 0.29) is 6.61 Å². The summed E-state index contributed by atoms with van der Waals surface area (Å²) in [7, 11) is 0. The summed E-state index contributed by atoms with van der Waals surface area (Å²) in [4.78, 5) is 5.60. The number of unbranched alkanes of at least 4 members (excludes halogenated alkanes) is 1. The van der Waals surface area contributed by atoms with Crippen LogP contribution in [-0.2, 0) is 13.0 Å². The van der Waals surface area contributed by atoms with E-state index in [1.165, 1.54) is 11.1 Å². The highest BCUT2D eigenvalue weighted by atomic mass is 32.1. The van der Waals surface area contributed by atoms with Crippen molar-refractivity contribution in [2.75, 3.05) is 0 Å². The molecule has 0 aliphatic heterocycles. The molecule has 0 amide bonds. The summed E-state index contributed by atoms with van der Waals surface area (Å²) in [6.45, 7) is 6.28. The molecule has 5 heteroatoms. The predicted molar refractivity (Wildman–Crippen MR) is 90.3 cm³/mol. The fraction of sp³-hybridized carbons (Fsp3) is 0.412. The number of aryl methyl sites for hydroxylation is 3. The average Bonchev–Trinajstić information content (AvgIpc) is 3.01. The molecule has 0 aliphatic carbocycles. The molecule has 0 spiro atoms. The normalized spacial score (nSPS) is 11.5. The van der Waals surface area contributed by atoms with Gasteiger partial charge in [-0.1, -0.05) is 48.4 Å². The van der Waals surface area contributed by atoms with Crippen molar-refractivity contribution in [1.82, 2.24) is 14.6 Å². The van der Waals surface area contributed by atoms with E-state index in [4.69, 9.17) is 4.98 Å². The zero-order valence-corrected chi connectivity index (χ0v) is 14.1. The second-order valence-corrected chi connectivity index (χ2v) is 6.72. The van der Waals surface area contributed by atoms with Gasteiger partial charge in [0.15, 0.2) is 0 Å². The van der Waals surface area contributed by atoms with Crippen molar-refractivity contribution in [2.24, 2.45) is 0 Å². The Balaban J connectivity index is 2.08. The van der Waals surface area contributed by atoms with Crippen molar-refractivity contribution in [1.29, 1.82) is 0 Å². The number of aliphatic hydroxyl groups excluding tert-OH is 1. The van der Waals surface area contributed by atoms with Crippen molar-refractivity contribution in [3.8, 4) is 11.3 Å². The van der Waals surface area contributed by atoms with Crippen molar-refractivity contribution >= 4 is 16.3 Å². The first-order valence-electron chi connectivity index (χ1n) is 7.69. The van der Waals surface area contributed by atoms with Crippen LogP contribution in [0.2, 0.25) is 0 Å². The maximum Gasteiger partial charge on any atom is 0.213 e. The van der Waals surface area contributed by atoms with Crippen LogP contribution in [0, 0.1) is 13.8 Å². The molecule has 4 nitrogen and oxygen atoms in total. The van der Waals surface area contributed by atoms with Gasteiger partial charge in [-0.05, 0) is 25.8 Å². The van der Waals surface area contributed by atoms with Crippen LogP contribution in [0.25, 0.3) is 16.2 Å². The molecule has 1 aromatic carbocycles. The third-order valence-electron chi connectivity index (χ3n) is 3.87. The Morgan fingerprint density at radius 3 is 2.77 bits per heavy atom. The van der Waals surface area contributed by atoms with E-state index >= 15 is 0 Å². The quantitative estimate of drug-likeness (QED) is 0.776. The topological polar surface area (TPSA) is 50.4 Å². The van der Waals surface area contributed by atoms with Crippen molar-refractivity contribution in [2.45, 2.75) is 46.6 Å². The minimum atomic E-state index is -0.0548. The minimum absolute atomic E-state index is 0.0548. The van der Waals surface area contributed by atoms with Crippen LogP contribution >= 0.6 is 11.3 Å². The van der Waals surface area contributed by atoms with Gasteiger partial charge in [-0.3, -0.25) is 0 Å². The first-order valence-corrected chi connectivity index (χ1v) is 8.51. The number of nitrogens with zero attached hydrogens (tertiary/aromatic N) is 3. The molecular weight excluding hydrogens is 294 g/mol. The van der Waals surface area contributed by atoms with Gasteiger partial charge in [0, 0.05) is 12.0 Å². The van der Waals surface area contributed by atoms with Crippen molar-refractivity contribution < 1.29 is 5.11 Å². The third-order valence-corrected chi connectivity index (χ3v) is 4.84. The van der Waals surface area contributed by atoms with E-state index < -0.39 is 0 Å². The Labute approximate surface area is 134 Å². The molecular formula is C17H21N3OS. The van der Waals surface area contributed by atoms with Gasteiger partial charge in [0.25, 0.3) is 0 Å². The lowest BCUT2D eigenvalue weighted by molar-refractivity contribution is 0.275. The number of hydrogen-bond donors (Lipinski definition) is 1. The van der Waals surface area contributed by atoms with Crippen LogP contribution in [0.4, 0.5) is 0 Å². The summed E-state index contributed by atoms with van der Waals surface area (Å²) in [6, 6.07) is 6.30. The molecule has 0 unspecified atom stereocenters. The zero-order chi connectivity index (χ0) is 15.7. The summed E-state index contributed by atoms with van der Waals surface area (Å²) in [5, 5.41) is 15.5. The number of rotatable bonds is 5. The van der Waals surface area contributed by atoms with Crippen molar-refractivity contribution in [3.05, 3.63) is 40.0 Å². The van der Waals surface area contributed by atoms with Crippen LogP contribution in [-0.4, -0.2) is 19.7 Å². The molecule has 0 atom stereocenters. The number of benzene rings is 1. The van der Waals surface area contributed by atoms with Gasteiger partial charge >= 0.3 is 0 Å². The molecule has 0 radical (unpaired) electrons. The van der Waals surface area contributed by atoms with Gasteiger partial charge in [0.2, 0.25) is 4.96 Å². The van der Waals surface area contributed by atoms with Gasteiger partial charge < -0.3 is 5.11 Å². The number of aliphatic hydroxyl groups is 1. The molecule has 116 valence electrons.